The van der Waals surface area contributed by atoms with Crippen molar-refractivity contribution in [2.75, 3.05) is 4.90 Å². The molecule has 0 radical (unpaired) electrons. The third kappa shape index (κ3) is 3.47. The molecule has 3 aromatic carbocycles. The number of amides is 1. The van der Waals surface area contributed by atoms with Crippen molar-refractivity contribution in [3.8, 4) is 5.75 Å². The lowest BCUT2D eigenvalue weighted by atomic mass is 10.1. The van der Waals surface area contributed by atoms with E-state index in [0.29, 0.717) is 22.5 Å². The van der Waals surface area contributed by atoms with E-state index in [-0.39, 0.29) is 18.0 Å². The van der Waals surface area contributed by atoms with Gasteiger partial charge in [0.05, 0.1) is 12.1 Å². The maximum atomic E-state index is 13.1. The molecule has 1 aliphatic rings. The number of halogens is 3. The molecule has 146 valence electrons. The van der Waals surface area contributed by atoms with Crippen LogP contribution in [0, 0.1) is 0 Å². The van der Waals surface area contributed by atoms with Crippen LogP contribution < -0.4 is 4.90 Å². The molecule has 29 heavy (non-hydrogen) atoms. The Morgan fingerprint density at radius 3 is 2.38 bits per heavy atom. The van der Waals surface area contributed by atoms with Crippen molar-refractivity contribution in [3.63, 3.8) is 0 Å². The third-order valence-electron chi connectivity index (χ3n) is 4.59. The van der Waals surface area contributed by atoms with Gasteiger partial charge in [0.25, 0.3) is 5.91 Å². The maximum absolute atomic E-state index is 13.1. The van der Waals surface area contributed by atoms with Crippen molar-refractivity contribution in [2.45, 2.75) is 12.7 Å². The van der Waals surface area contributed by atoms with Gasteiger partial charge in [-0.1, -0.05) is 42.5 Å². The molecule has 0 aromatic heterocycles. The van der Waals surface area contributed by atoms with E-state index >= 15 is 0 Å². The number of fused-ring (bicyclic) bond motifs is 1. The number of phenols is 1. The molecule has 0 aliphatic carbocycles. The van der Waals surface area contributed by atoms with E-state index in [1.807, 2.05) is 0 Å². The van der Waals surface area contributed by atoms with Gasteiger partial charge in [-0.2, -0.15) is 13.2 Å². The number of aromatic hydroxyl groups is 1. The van der Waals surface area contributed by atoms with Gasteiger partial charge in [-0.15, -0.1) is 0 Å². The number of carbonyl (C=O) groups excluding carboxylic acids is 1. The molecular weight excluding hydrogens is 381 g/mol. The highest BCUT2D eigenvalue weighted by atomic mass is 19.4. The minimum atomic E-state index is -4.45. The molecule has 0 unspecified atom stereocenters. The topological polar surface area (TPSA) is 52.9 Å². The van der Waals surface area contributed by atoms with Crippen LogP contribution in [0.4, 0.5) is 24.5 Å². The summed E-state index contributed by atoms with van der Waals surface area (Å²) < 4.78 is 38.8. The summed E-state index contributed by atoms with van der Waals surface area (Å²) in [5.74, 6) is -0.524. The van der Waals surface area contributed by atoms with Crippen LogP contribution in [0.25, 0.3) is 0 Å². The van der Waals surface area contributed by atoms with Crippen molar-refractivity contribution in [1.82, 2.24) is 0 Å². The van der Waals surface area contributed by atoms with Gasteiger partial charge in [0, 0.05) is 11.3 Å². The Labute approximate surface area is 164 Å². The number of carbonyl (C=O) groups is 1. The highest BCUT2D eigenvalue weighted by Gasteiger charge is 2.37. The van der Waals surface area contributed by atoms with Gasteiger partial charge in [0.2, 0.25) is 0 Å². The Morgan fingerprint density at radius 2 is 1.66 bits per heavy atom. The summed E-state index contributed by atoms with van der Waals surface area (Å²) in [6, 6.07) is 18.3. The quantitative estimate of drug-likeness (QED) is 0.671. The lowest BCUT2D eigenvalue weighted by Gasteiger charge is -2.17. The Bertz CT molecular complexity index is 1110. The van der Waals surface area contributed by atoms with Crippen LogP contribution in [0.2, 0.25) is 0 Å². The van der Waals surface area contributed by atoms with Gasteiger partial charge in [-0.3, -0.25) is 14.7 Å². The highest BCUT2D eigenvalue weighted by molar-refractivity contribution is 6.56. The predicted molar refractivity (Wildman–Crippen MR) is 103 cm³/mol. The van der Waals surface area contributed by atoms with Gasteiger partial charge < -0.3 is 5.11 Å². The second-order valence-electron chi connectivity index (χ2n) is 6.51. The number of benzene rings is 3. The summed E-state index contributed by atoms with van der Waals surface area (Å²) in [4.78, 5) is 18.7. The lowest BCUT2D eigenvalue weighted by molar-refractivity contribution is -0.137. The van der Waals surface area contributed by atoms with Gasteiger partial charge in [0.1, 0.15) is 17.1 Å². The van der Waals surface area contributed by atoms with E-state index in [9.17, 15) is 23.1 Å². The number of alkyl halides is 3. The van der Waals surface area contributed by atoms with Crippen molar-refractivity contribution >= 4 is 23.0 Å². The van der Waals surface area contributed by atoms with Crippen LogP contribution in [0.15, 0.2) is 77.8 Å². The van der Waals surface area contributed by atoms with Crippen LogP contribution in [-0.4, -0.2) is 16.7 Å². The zero-order valence-corrected chi connectivity index (χ0v) is 15.0. The average Bonchev–Trinajstić information content (AvgIpc) is 2.99. The number of hydrogen-bond acceptors (Lipinski definition) is 3. The first-order valence-corrected chi connectivity index (χ1v) is 8.78. The second kappa shape index (κ2) is 7.09. The zero-order chi connectivity index (χ0) is 20.6. The summed E-state index contributed by atoms with van der Waals surface area (Å²) in [5.41, 5.74) is 0.968. The van der Waals surface area contributed by atoms with Crippen molar-refractivity contribution in [1.29, 1.82) is 0 Å². The third-order valence-corrected chi connectivity index (χ3v) is 4.59. The van der Waals surface area contributed by atoms with Gasteiger partial charge in [-0.25, -0.2) is 0 Å². The molecule has 3 aromatic rings. The van der Waals surface area contributed by atoms with Crippen molar-refractivity contribution in [3.05, 3.63) is 89.5 Å². The smallest absolute Gasteiger partial charge is 0.416 e. The number of nitrogens with zero attached hydrogens (tertiary/aromatic N) is 2. The average molecular weight is 396 g/mol. The van der Waals surface area contributed by atoms with Crippen LogP contribution in [-0.2, 0) is 17.5 Å². The van der Waals surface area contributed by atoms with Crippen molar-refractivity contribution < 1.29 is 23.1 Å². The number of hydrogen-bond donors (Lipinski definition) is 1. The molecule has 0 saturated carbocycles. The number of rotatable bonds is 3. The number of para-hydroxylation sites is 2. The van der Waals surface area contributed by atoms with Crippen LogP contribution in [0.5, 0.6) is 5.75 Å². The molecule has 0 spiro atoms. The molecule has 1 aliphatic heterocycles. The summed E-state index contributed by atoms with van der Waals surface area (Å²) in [5, 5.41) is 10.3. The molecule has 0 atom stereocenters. The van der Waals surface area contributed by atoms with E-state index < -0.39 is 17.6 Å². The second-order valence-corrected chi connectivity index (χ2v) is 6.51. The Kier molecular flexibility index (Phi) is 4.58. The SMILES string of the molecule is O=C1C(=NCc2cccc(C(F)(F)F)c2)c2cccc(O)c2N1c1ccccc1. The minimum absolute atomic E-state index is 0.0797. The van der Waals surface area contributed by atoms with E-state index in [4.69, 9.17) is 0 Å². The Balaban J connectivity index is 1.74. The number of phenolic OH excluding ortho intramolecular Hbond substituents is 1. The van der Waals surface area contributed by atoms with Gasteiger partial charge >= 0.3 is 6.18 Å². The highest BCUT2D eigenvalue weighted by Crippen LogP contribution is 2.41. The van der Waals surface area contributed by atoms with Crippen molar-refractivity contribution in [2.24, 2.45) is 4.99 Å². The largest absolute Gasteiger partial charge is 0.506 e. The molecular formula is C22H15F3N2O2. The summed E-state index contributed by atoms with van der Waals surface area (Å²) in [7, 11) is 0. The Morgan fingerprint density at radius 1 is 0.931 bits per heavy atom. The molecule has 1 N–H and O–H groups in total. The van der Waals surface area contributed by atoms with Gasteiger partial charge in [0.15, 0.2) is 0 Å². The van der Waals surface area contributed by atoms with E-state index in [0.717, 1.165) is 12.1 Å². The maximum Gasteiger partial charge on any atom is 0.416 e. The fourth-order valence-corrected chi connectivity index (χ4v) is 3.27. The summed E-state index contributed by atoms with van der Waals surface area (Å²) >= 11 is 0. The summed E-state index contributed by atoms with van der Waals surface area (Å²) in [6.07, 6.45) is -4.45. The zero-order valence-electron chi connectivity index (χ0n) is 15.0. The van der Waals surface area contributed by atoms with Crippen LogP contribution in [0.1, 0.15) is 16.7 Å². The molecule has 1 amide bonds. The standard InChI is InChI=1S/C22H15F3N2O2/c23-22(24,25)15-7-4-6-14(12-15)13-26-19-17-10-5-11-18(28)20(17)27(21(19)29)16-8-2-1-3-9-16/h1-12,28H,13H2. The van der Waals surface area contributed by atoms with E-state index in [2.05, 4.69) is 4.99 Å². The fourth-order valence-electron chi connectivity index (χ4n) is 3.27. The lowest BCUT2D eigenvalue weighted by Crippen LogP contribution is -2.25. The van der Waals surface area contributed by atoms with E-state index in [1.165, 1.54) is 23.1 Å². The molecule has 0 fully saturated rings. The monoisotopic (exact) mass is 396 g/mol. The molecule has 0 bridgehead atoms. The van der Waals surface area contributed by atoms with Crippen LogP contribution in [0.3, 0.4) is 0 Å². The number of aliphatic imine (C=N–C) groups is 1. The molecule has 0 saturated heterocycles. The molecule has 7 heteroatoms. The van der Waals surface area contributed by atoms with Gasteiger partial charge in [-0.05, 0) is 35.9 Å². The first-order valence-electron chi connectivity index (χ1n) is 8.78. The van der Waals surface area contributed by atoms with E-state index in [1.54, 1.807) is 42.5 Å². The van der Waals surface area contributed by atoms with Crippen LogP contribution >= 0.6 is 0 Å². The normalized spacial score (nSPS) is 15.1. The first kappa shape index (κ1) is 18.7. The summed E-state index contributed by atoms with van der Waals surface area (Å²) in [6.45, 7) is -0.0945. The molecule has 4 rings (SSSR count). The number of anilines is 2. The Hall–Kier alpha value is -3.61. The predicted octanol–water partition coefficient (Wildman–Crippen LogP) is 5.08. The first-order chi connectivity index (χ1) is 13.9. The molecule has 1 heterocycles. The minimum Gasteiger partial charge on any atom is -0.506 e. The fraction of sp³-hybridized carbons (Fsp3) is 0.0909. The molecule has 4 nitrogen and oxygen atoms in total.